The summed E-state index contributed by atoms with van der Waals surface area (Å²) >= 11 is 0. The van der Waals surface area contributed by atoms with Crippen LogP contribution in [0.2, 0.25) is 0 Å². The largest absolute Gasteiger partial charge is 0.416 e. The third-order valence-corrected chi connectivity index (χ3v) is 5.82. The zero-order chi connectivity index (χ0) is 24.8. The lowest BCUT2D eigenvalue weighted by atomic mass is 9.86. The van der Waals surface area contributed by atoms with Crippen molar-refractivity contribution < 1.29 is 35.9 Å². The van der Waals surface area contributed by atoms with Gasteiger partial charge >= 0.3 is 12.4 Å². The summed E-state index contributed by atoms with van der Waals surface area (Å²) in [6.07, 6.45) is -6.26. The first-order chi connectivity index (χ1) is 15.3. The van der Waals surface area contributed by atoms with E-state index in [-0.39, 0.29) is 43.1 Å². The van der Waals surface area contributed by atoms with Crippen molar-refractivity contribution in [2.24, 2.45) is 5.92 Å². The minimum absolute atomic E-state index is 0.00572. The van der Waals surface area contributed by atoms with E-state index in [1.807, 2.05) is 13.8 Å². The van der Waals surface area contributed by atoms with Gasteiger partial charge in [-0.3, -0.25) is 9.59 Å². The van der Waals surface area contributed by atoms with Crippen molar-refractivity contribution in [3.8, 4) is 0 Å². The zero-order valence-electron chi connectivity index (χ0n) is 18.5. The Morgan fingerprint density at radius 3 is 2.00 bits per heavy atom. The van der Waals surface area contributed by atoms with Gasteiger partial charge in [-0.2, -0.15) is 26.3 Å². The molecule has 0 bridgehead atoms. The molecule has 1 aromatic rings. The molecule has 0 spiro atoms. The van der Waals surface area contributed by atoms with Crippen LogP contribution < -0.4 is 16.0 Å². The van der Waals surface area contributed by atoms with Crippen molar-refractivity contribution in [2.45, 2.75) is 70.4 Å². The minimum Gasteiger partial charge on any atom is -0.353 e. The second kappa shape index (κ2) is 11.2. The smallest absolute Gasteiger partial charge is 0.353 e. The van der Waals surface area contributed by atoms with Crippen molar-refractivity contribution in [2.75, 3.05) is 13.1 Å². The predicted molar refractivity (Wildman–Crippen MR) is 110 cm³/mol. The number of amides is 2. The first-order valence-electron chi connectivity index (χ1n) is 10.9. The van der Waals surface area contributed by atoms with Crippen LogP contribution >= 0.6 is 0 Å². The van der Waals surface area contributed by atoms with Crippen LogP contribution in [0, 0.1) is 5.92 Å². The number of rotatable bonds is 8. The normalized spacial score (nSPS) is 20.2. The van der Waals surface area contributed by atoms with Crippen LogP contribution in [0.4, 0.5) is 26.3 Å². The van der Waals surface area contributed by atoms with Crippen molar-refractivity contribution in [3.63, 3.8) is 0 Å². The van der Waals surface area contributed by atoms with E-state index in [2.05, 4.69) is 16.0 Å². The highest BCUT2D eigenvalue weighted by Gasteiger charge is 2.37. The Labute approximate surface area is 188 Å². The molecule has 1 aromatic carbocycles. The van der Waals surface area contributed by atoms with Gasteiger partial charge in [-0.05, 0) is 63.1 Å². The van der Waals surface area contributed by atoms with Crippen molar-refractivity contribution in [1.82, 2.24) is 16.0 Å². The van der Waals surface area contributed by atoms with Crippen LogP contribution in [-0.4, -0.2) is 37.0 Å². The lowest BCUT2D eigenvalue weighted by Crippen LogP contribution is -2.43. The Kier molecular flexibility index (Phi) is 9.16. The van der Waals surface area contributed by atoms with E-state index in [9.17, 15) is 35.9 Å². The van der Waals surface area contributed by atoms with Crippen LogP contribution in [0.1, 0.15) is 67.4 Å². The molecule has 0 aliphatic heterocycles. The summed E-state index contributed by atoms with van der Waals surface area (Å²) in [6, 6.07) is 1.08. The number of alkyl halides is 6. The number of hydrogen-bond acceptors (Lipinski definition) is 3. The van der Waals surface area contributed by atoms with Gasteiger partial charge in [0.1, 0.15) is 0 Å². The van der Waals surface area contributed by atoms with E-state index in [1.165, 1.54) is 0 Å². The average molecular weight is 481 g/mol. The molecule has 3 N–H and O–H groups in total. The molecule has 0 radical (unpaired) electrons. The van der Waals surface area contributed by atoms with E-state index in [0.717, 1.165) is 19.3 Å². The highest BCUT2D eigenvalue weighted by molar-refractivity contribution is 5.94. The molecular weight excluding hydrogens is 452 g/mol. The van der Waals surface area contributed by atoms with Gasteiger partial charge in [-0.15, -0.1) is 0 Å². The summed E-state index contributed by atoms with van der Waals surface area (Å²) < 4.78 is 77.9. The monoisotopic (exact) mass is 481 g/mol. The standard InChI is InChI=1S/C22H29F6N3O2/c1-3-13(2)31-19(32)12-29-18-6-4-14(5-7-18)11-30-20(33)15-8-16(21(23,24)25)10-17(9-15)22(26,27)28/h8-10,13-14,18,29H,3-7,11-12H2,1-2H3,(H,30,33)(H,31,32)/t13?,14-,18+. The van der Waals surface area contributed by atoms with Crippen LogP contribution in [0.5, 0.6) is 0 Å². The van der Waals surface area contributed by atoms with Gasteiger partial charge < -0.3 is 16.0 Å². The average Bonchev–Trinajstić information content (AvgIpc) is 2.75. The number of halogens is 6. The molecule has 0 saturated heterocycles. The van der Waals surface area contributed by atoms with E-state index in [1.54, 1.807) is 0 Å². The molecule has 0 aromatic heterocycles. The fourth-order valence-electron chi connectivity index (χ4n) is 3.66. The third kappa shape index (κ3) is 8.53. The van der Waals surface area contributed by atoms with Gasteiger partial charge in [0, 0.05) is 24.2 Å². The topological polar surface area (TPSA) is 70.2 Å². The Bertz CT molecular complexity index is 785. The maximum absolute atomic E-state index is 13.0. The summed E-state index contributed by atoms with van der Waals surface area (Å²) in [6.45, 7) is 4.24. The zero-order valence-corrected chi connectivity index (χ0v) is 18.5. The SMILES string of the molecule is CCC(C)NC(=O)CN[C@H]1CC[C@@H](CNC(=O)c2cc(C(F)(F)F)cc(C(F)(F)F)c2)CC1. The molecule has 1 aliphatic carbocycles. The molecule has 5 nitrogen and oxygen atoms in total. The molecule has 1 fully saturated rings. The fraction of sp³-hybridized carbons (Fsp3) is 0.636. The molecule has 1 aliphatic rings. The van der Waals surface area contributed by atoms with Gasteiger partial charge in [0.15, 0.2) is 0 Å². The third-order valence-electron chi connectivity index (χ3n) is 5.82. The predicted octanol–water partition coefficient (Wildman–Crippen LogP) is 4.52. The van der Waals surface area contributed by atoms with Crippen molar-refractivity contribution >= 4 is 11.8 Å². The second-order valence-electron chi connectivity index (χ2n) is 8.48. The summed E-state index contributed by atoms with van der Waals surface area (Å²) in [5.74, 6) is -1.01. The molecule has 11 heteroatoms. The molecule has 1 unspecified atom stereocenters. The number of carbonyl (C=O) groups excluding carboxylic acids is 2. The Hall–Kier alpha value is -2.30. The number of hydrogen-bond donors (Lipinski definition) is 3. The first-order valence-corrected chi connectivity index (χ1v) is 10.9. The number of benzene rings is 1. The lowest BCUT2D eigenvalue weighted by molar-refractivity contribution is -0.143. The highest BCUT2D eigenvalue weighted by atomic mass is 19.4. The maximum atomic E-state index is 13.0. The van der Waals surface area contributed by atoms with E-state index in [4.69, 9.17) is 0 Å². The molecule has 1 atom stereocenters. The Morgan fingerprint density at radius 1 is 0.970 bits per heavy atom. The van der Waals surface area contributed by atoms with Gasteiger partial charge in [0.05, 0.1) is 17.7 Å². The Balaban J connectivity index is 1.86. The molecular formula is C22H29F6N3O2. The van der Waals surface area contributed by atoms with Gasteiger partial charge in [-0.25, -0.2) is 0 Å². The first kappa shape index (κ1) is 26.9. The highest BCUT2D eigenvalue weighted by Crippen LogP contribution is 2.36. The molecule has 0 heterocycles. The van der Waals surface area contributed by atoms with Gasteiger partial charge in [-0.1, -0.05) is 6.92 Å². The summed E-state index contributed by atoms with van der Waals surface area (Å²) in [4.78, 5) is 24.1. The van der Waals surface area contributed by atoms with Crippen LogP contribution in [0.25, 0.3) is 0 Å². The number of nitrogens with one attached hydrogen (secondary N) is 3. The maximum Gasteiger partial charge on any atom is 0.416 e. The van der Waals surface area contributed by atoms with E-state index in [0.29, 0.717) is 25.0 Å². The van der Waals surface area contributed by atoms with E-state index < -0.39 is 35.0 Å². The van der Waals surface area contributed by atoms with Crippen molar-refractivity contribution in [3.05, 3.63) is 34.9 Å². The minimum atomic E-state index is -5.01. The molecule has 186 valence electrons. The molecule has 2 amide bonds. The quantitative estimate of drug-likeness (QED) is 0.479. The summed E-state index contributed by atoms with van der Waals surface area (Å²) in [5, 5.41) is 8.51. The lowest BCUT2D eigenvalue weighted by Gasteiger charge is -2.29. The fourth-order valence-corrected chi connectivity index (χ4v) is 3.66. The second-order valence-corrected chi connectivity index (χ2v) is 8.48. The van der Waals surface area contributed by atoms with Crippen LogP contribution in [-0.2, 0) is 17.1 Å². The van der Waals surface area contributed by atoms with Gasteiger partial charge in [0.2, 0.25) is 5.91 Å². The summed E-state index contributed by atoms with van der Waals surface area (Å²) in [5.41, 5.74) is -3.72. The number of carbonyl (C=O) groups is 2. The van der Waals surface area contributed by atoms with Crippen LogP contribution in [0.15, 0.2) is 18.2 Å². The van der Waals surface area contributed by atoms with Crippen LogP contribution in [0.3, 0.4) is 0 Å². The Morgan fingerprint density at radius 2 is 1.52 bits per heavy atom. The van der Waals surface area contributed by atoms with E-state index >= 15 is 0 Å². The summed E-state index contributed by atoms with van der Waals surface area (Å²) in [7, 11) is 0. The molecule has 1 saturated carbocycles. The van der Waals surface area contributed by atoms with Gasteiger partial charge in [0.25, 0.3) is 5.91 Å². The van der Waals surface area contributed by atoms with Crippen molar-refractivity contribution in [1.29, 1.82) is 0 Å². The molecule has 33 heavy (non-hydrogen) atoms. The molecule has 2 rings (SSSR count).